The van der Waals surface area contributed by atoms with E-state index in [0.29, 0.717) is 18.8 Å². The molecule has 0 aliphatic heterocycles. The van der Waals surface area contributed by atoms with Crippen molar-refractivity contribution in [3.8, 4) is 0 Å². The van der Waals surface area contributed by atoms with E-state index in [1.54, 1.807) is 6.20 Å². The number of aromatic nitrogens is 2. The van der Waals surface area contributed by atoms with Gasteiger partial charge in [0.25, 0.3) is 0 Å². The summed E-state index contributed by atoms with van der Waals surface area (Å²) >= 11 is 0. The monoisotopic (exact) mass is 251 g/mol. The van der Waals surface area contributed by atoms with E-state index in [1.807, 2.05) is 0 Å². The second-order valence-electron chi connectivity index (χ2n) is 4.39. The maximum atomic E-state index is 11.5. The third-order valence-corrected chi connectivity index (χ3v) is 2.65. The fourth-order valence-corrected chi connectivity index (χ4v) is 1.55. The van der Waals surface area contributed by atoms with Crippen molar-refractivity contribution in [3.63, 3.8) is 0 Å². The lowest BCUT2D eigenvalue weighted by Crippen LogP contribution is -2.36. The molecule has 1 fully saturated rings. The Balaban J connectivity index is 1.58. The first-order valence-corrected chi connectivity index (χ1v) is 5.97. The van der Waals surface area contributed by atoms with Crippen molar-refractivity contribution < 1.29 is 9.59 Å². The van der Waals surface area contributed by atoms with E-state index < -0.39 is 0 Å². The zero-order valence-electron chi connectivity index (χ0n) is 10.1. The first-order chi connectivity index (χ1) is 8.65. The molecule has 7 nitrogen and oxygen atoms in total. The molecule has 4 N–H and O–H groups in total. The Bertz CT molecular complexity index is 438. The predicted molar refractivity (Wildman–Crippen MR) is 65.4 cm³/mol. The number of carbonyl (C=O) groups excluding carboxylic acids is 2. The number of nitrogens with one attached hydrogen (secondary N) is 2. The van der Waals surface area contributed by atoms with Gasteiger partial charge >= 0.3 is 0 Å². The van der Waals surface area contributed by atoms with Crippen molar-refractivity contribution in [1.82, 2.24) is 20.4 Å². The highest BCUT2D eigenvalue weighted by atomic mass is 16.2. The van der Waals surface area contributed by atoms with Gasteiger partial charge in [-0.2, -0.15) is 5.10 Å². The van der Waals surface area contributed by atoms with Crippen molar-refractivity contribution in [2.45, 2.75) is 19.4 Å². The van der Waals surface area contributed by atoms with E-state index in [-0.39, 0.29) is 24.3 Å². The molecule has 1 heterocycles. The molecule has 2 amide bonds. The van der Waals surface area contributed by atoms with Crippen LogP contribution in [0.4, 0.5) is 5.69 Å². The van der Waals surface area contributed by atoms with Gasteiger partial charge in [0, 0.05) is 25.2 Å². The summed E-state index contributed by atoms with van der Waals surface area (Å²) in [5.41, 5.74) is 6.01. The standard InChI is InChI=1S/C11H17N5O2/c12-9-5-15-16(6-9)7-10(17)13-3-4-14-11(18)8-1-2-8/h5-6,8H,1-4,7,12H2,(H,13,17)(H,14,18). The summed E-state index contributed by atoms with van der Waals surface area (Å²) in [4.78, 5) is 22.8. The minimum atomic E-state index is -0.154. The number of nitrogens with two attached hydrogens (primary N) is 1. The van der Waals surface area contributed by atoms with Gasteiger partial charge in [0.1, 0.15) is 6.54 Å². The molecule has 0 radical (unpaired) electrons. The molecule has 0 atom stereocenters. The quantitative estimate of drug-likeness (QED) is 0.571. The van der Waals surface area contributed by atoms with Crippen LogP contribution in [-0.2, 0) is 16.1 Å². The lowest BCUT2D eigenvalue weighted by Gasteiger charge is -2.06. The predicted octanol–water partition coefficient (Wildman–Crippen LogP) is -0.892. The largest absolute Gasteiger partial charge is 0.396 e. The van der Waals surface area contributed by atoms with Crippen molar-refractivity contribution in [3.05, 3.63) is 12.4 Å². The highest BCUT2D eigenvalue weighted by Crippen LogP contribution is 2.28. The van der Waals surface area contributed by atoms with Crippen LogP contribution in [0.2, 0.25) is 0 Å². The topological polar surface area (TPSA) is 102 Å². The van der Waals surface area contributed by atoms with Crippen LogP contribution < -0.4 is 16.4 Å². The van der Waals surface area contributed by atoms with Crippen molar-refractivity contribution >= 4 is 17.5 Å². The first kappa shape index (κ1) is 12.4. The number of rotatable bonds is 6. The number of anilines is 1. The molecule has 1 aromatic heterocycles. The van der Waals surface area contributed by atoms with Gasteiger partial charge in [-0.05, 0) is 12.8 Å². The fraction of sp³-hybridized carbons (Fsp3) is 0.545. The molecule has 0 aromatic carbocycles. The Morgan fingerprint density at radius 2 is 2.11 bits per heavy atom. The number of hydrogen-bond donors (Lipinski definition) is 3. The van der Waals surface area contributed by atoms with Gasteiger partial charge in [0.2, 0.25) is 11.8 Å². The fourth-order valence-electron chi connectivity index (χ4n) is 1.55. The van der Waals surface area contributed by atoms with Crippen LogP contribution in [0, 0.1) is 5.92 Å². The van der Waals surface area contributed by atoms with Gasteiger partial charge in [-0.3, -0.25) is 14.3 Å². The summed E-state index contributed by atoms with van der Waals surface area (Å²) in [6, 6.07) is 0. The summed E-state index contributed by atoms with van der Waals surface area (Å²) in [5.74, 6) is 0.135. The highest BCUT2D eigenvalue weighted by molar-refractivity contribution is 5.81. The number of amides is 2. The average Bonchev–Trinajstić information content (AvgIpc) is 3.10. The molecule has 2 rings (SSSR count). The second-order valence-corrected chi connectivity index (χ2v) is 4.39. The highest BCUT2D eigenvalue weighted by Gasteiger charge is 2.28. The third kappa shape index (κ3) is 3.76. The van der Waals surface area contributed by atoms with Gasteiger partial charge in [-0.15, -0.1) is 0 Å². The molecule has 1 aliphatic rings. The molecule has 1 aliphatic carbocycles. The van der Waals surface area contributed by atoms with Gasteiger partial charge in [0.15, 0.2) is 0 Å². The van der Waals surface area contributed by atoms with Crippen LogP contribution in [0.1, 0.15) is 12.8 Å². The molecule has 18 heavy (non-hydrogen) atoms. The van der Waals surface area contributed by atoms with Gasteiger partial charge in [-0.1, -0.05) is 0 Å². The Morgan fingerprint density at radius 1 is 1.39 bits per heavy atom. The molecule has 7 heteroatoms. The minimum absolute atomic E-state index is 0.0871. The molecule has 0 bridgehead atoms. The summed E-state index contributed by atoms with van der Waals surface area (Å²) in [6.45, 7) is 1.02. The molecular weight excluding hydrogens is 234 g/mol. The maximum Gasteiger partial charge on any atom is 0.241 e. The Morgan fingerprint density at radius 3 is 2.72 bits per heavy atom. The molecule has 1 aromatic rings. The Hall–Kier alpha value is -2.05. The number of carbonyl (C=O) groups is 2. The first-order valence-electron chi connectivity index (χ1n) is 5.97. The van der Waals surface area contributed by atoms with Gasteiger partial charge in [0.05, 0.1) is 11.9 Å². The van der Waals surface area contributed by atoms with Crippen LogP contribution >= 0.6 is 0 Å². The smallest absolute Gasteiger partial charge is 0.241 e. The molecule has 98 valence electrons. The molecular formula is C11H17N5O2. The van der Waals surface area contributed by atoms with E-state index in [2.05, 4.69) is 15.7 Å². The zero-order chi connectivity index (χ0) is 13.0. The van der Waals surface area contributed by atoms with Crippen LogP contribution in [0.5, 0.6) is 0 Å². The maximum absolute atomic E-state index is 11.5. The van der Waals surface area contributed by atoms with Crippen molar-refractivity contribution in [1.29, 1.82) is 0 Å². The van der Waals surface area contributed by atoms with E-state index in [9.17, 15) is 9.59 Å². The van der Waals surface area contributed by atoms with Crippen LogP contribution in [0.25, 0.3) is 0 Å². The lowest BCUT2D eigenvalue weighted by atomic mass is 10.4. The van der Waals surface area contributed by atoms with E-state index in [0.717, 1.165) is 12.8 Å². The van der Waals surface area contributed by atoms with Crippen LogP contribution in [0.3, 0.4) is 0 Å². The van der Waals surface area contributed by atoms with Crippen LogP contribution in [0.15, 0.2) is 12.4 Å². The Kier molecular flexibility index (Phi) is 3.81. The molecule has 1 saturated carbocycles. The van der Waals surface area contributed by atoms with Gasteiger partial charge < -0.3 is 16.4 Å². The summed E-state index contributed by atoms with van der Waals surface area (Å²) in [6.07, 6.45) is 5.05. The number of nitrogens with zero attached hydrogens (tertiary/aromatic N) is 2. The molecule has 0 unspecified atom stereocenters. The van der Waals surface area contributed by atoms with Crippen molar-refractivity contribution in [2.24, 2.45) is 5.92 Å². The Labute approximate surface area is 105 Å². The molecule has 0 spiro atoms. The summed E-state index contributed by atoms with van der Waals surface area (Å²) in [7, 11) is 0. The van der Waals surface area contributed by atoms with E-state index in [1.165, 1.54) is 10.9 Å². The normalized spacial score (nSPS) is 14.2. The number of nitrogen functional groups attached to an aromatic ring is 1. The number of hydrogen-bond acceptors (Lipinski definition) is 4. The lowest BCUT2D eigenvalue weighted by molar-refractivity contribution is -0.123. The van der Waals surface area contributed by atoms with Gasteiger partial charge in [-0.25, -0.2) is 0 Å². The summed E-state index contributed by atoms with van der Waals surface area (Å²) < 4.78 is 1.47. The molecule has 0 saturated heterocycles. The average molecular weight is 251 g/mol. The second kappa shape index (κ2) is 5.52. The van der Waals surface area contributed by atoms with Crippen LogP contribution in [-0.4, -0.2) is 34.7 Å². The summed E-state index contributed by atoms with van der Waals surface area (Å²) in [5, 5.41) is 9.38. The minimum Gasteiger partial charge on any atom is -0.396 e. The van der Waals surface area contributed by atoms with E-state index >= 15 is 0 Å². The SMILES string of the molecule is Nc1cnn(CC(=O)NCCNC(=O)C2CC2)c1. The third-order valence-electron chi connectivity index (χ3n) is 2.65. The van der Waals surface area contributed by atoms with E-state index in [4.69, 9.17) is 5.73 Å². The zero-order valence-corrected chi connectivity index (χ0v) is 10.1. The van der Waals surface area contributed by atoms with Crippen molar-refractivity contribution in [2.75, 3.05) is 18.8 Å².